The van der Waals surface area contributed by atoms with Gasteiger partial charge in [0.25, 0.3) is 5.91 Å². The average Bonchev–Trinajstić information content (AvgIpc) is 2.41. The lowest BCUT2D eigenvalue weighted by Crippen LogP contribution is -2.13. The molecular weight excluding hydrogens is 308 g/mol. The summed E-state index contributed by atoms with van der Waals surface area (Å²) in [6, 6.07) is 9.74. The van der Waals surface area contributed by atoms with Crippen LogP contribution in [0.15, 0.2) is 42.5 Å². The molecule has 2 aromatic rings. The summed E-state index contributed by atoms with van der Waals surface area (Å²) in [6.07, 6.45) is 0.949. The SMILES string of the molecule is CS(=O)(=O)Nc1cc(NC(=O)c2cccc(O)c2)ccc1O. The lowest BCUT2D eigenvalue weighted by atomic mass is 10.2. The lowest BCUT2D eigenvalue weighted by molar-refractivity contribution is 0.102. The van der Waals surface area contributed by atoms with E-state index in [0.717, 1.165) is 6.26 Å². The van der Waals surface area contributed by atoms with E-state index >= 15 is 0 Å². The fraction of sp³-hybridized carbons (Fsp3) is 0.0714. The number of phenolic OH excluding ortho intramolecular Hbond substituents is 2. The van der Waals surface area contributed by atoms with Crippen molar-refractivity contribution in [1.82, 2.24) is 0 Å². The number of hydrogen-bond donors (Lipinski definition) is 4. The maximum atomic E-state index is 12.0. The largest absolute Gasteiger partial charge is 0.508 e. The van der Waals surface area contributed by atoms with E-state index < -0.39 is 15.9 Å². The van der Waals surface area contributed by atoms with Gasteiger partial charge in [-0.05, 0) is 36.4 Å². The Hall–Kier alpha value is -2.74. The quantitative estimate of drug-likeness (QED) is 0.505. The molecule has 116 valence electrons. The normalized spacial score (nSPS) is 11.0. The van der Waals surface area contributed by atoms with Crippen LogP contribution in [0.3, 0.4) is 0 Å². The summed E-state index contributed by atoms with van der Waals surface area (Å²) < 4.78 is 24.6. The summed E-state index contributed by atoms with van der Waals surface area (Å²) in [7, 11) is -3.56. The van der Waals surface area contributed by atoms with Gasteiger partial charge in [0, 0.05) is 11.3 Å². The minimum atomic E-state index is -3.56. The van der Waals surface area contributed by atoms with Crippen LogP contribution in [-0.4, -0.2) is 30.8 Å². The minimum absolute atomic E-state index is 0.0437. The molecule has 0 aliphatic rings. The molecule has 4 N–H and O–H groups in total. The van der Waals surface area contributed by atoms with Crippen LogP contribution < -0.4 is 10.0 Å². The summed E-state index contributed by atoms with van der Waals surface area (Å²) in [5.74, 6) is -0.787. The third-order valence-electron chi connectivity index (χ3n) is 2.66. The second kappa shape index (κ2) is 5.94. The van der Waals surface area contributed by atoms with Gasteiger partial charge >= 0.3 is 0 Å². The number of nitrogens with one attached hydrogen (secondary N) is 2. The molecule has 0 saturated carbocycles. The van der Waals surface area contributed by atoms with Crippen LogP contribution in [0, 0.1) is 0 Å². The van der Waals surface area contributed by atoms with Crippen LogP contribution in [0.1, 0.15) is 10.4 Å². The Morgan fingerprint density at radius 2 is 1.82 bits per heavy atom. The second-order valence-corrected chi connectivity index (χ2v) is 6.36. The molecule has 0 unspecified atom stereocenters. The van der Waals surface area contributed by atoms with Crippen LogP contribution >= 0.6 is 0 Å². The van der Waals surface area contributed by atoms with Gasteiger partial charge in [0.15, 0.2) is 0 Å². The van der Waals surface area contributed by atoms with E-state index in [0.29, 0.717) is 0 Å². The zero-order chi connectivity index (χ0) is 16.3. The highest BCUT2D eigenvalue weighted by Crippen LogP contribution is 2.27. The molecule has 7 nitrogen and oxygen atoms in total. The van der Waals surface area contributed by atoms with E-state index in [-0.39, 0.29) is 28.4 Å². The van der Waals surface area contributed by atoms with Crippen molar-refractivity contribution in [1.29, 1.82) is 0 Å². The number of phenols is 2. The molecule has 0 radical (unpaired) electrons. The number of aromatic hydroxyl groups is 2. The van der Waals surface area contributed by atoms with Gasteiger partial charge in [-0.25, -0.2) is 8.42 Å². The van der Waals surface area contributed by atoms with Crippen molar-refractivity contribution >= 4 is 27.3 Å². The van der Waals surface area contributed by atoms with E-state index in [1.807, 2.05) is 0 Å². The van der Waals surface area contributed by atoms with Gasteiger partial charge in [-0.2, -0.15) is 0 Å². The lowest BCUT2D eigenvalue weighted by Gasteiger charge is -2.10. The number of carbonyl (C=O) groups is 1. The van der Waals surface area contributed by atoms with Gasteiger partial charge in [-0.1, -0.05) is 6.07 Å². The van der Waals surface area contributed by atoms with Crippen LogP contribution in [0.4, 0.5) is 11.4 Å². The molecule has 0 fully saturated rings. The van der Waals surface area contributed by atoms with E-state index in [9.17, 15) is 23.4 Å². The molecule has 0 heterocycles. The van der Waals surface area contributed by atoms with Crippen molar-refractivity contribution in [3.63, 3.8) is 0 Å². The highest BCUT2D eigenvalue weighted by atomic mass is 32.2. The minimum Gasteiger partial charge on any atom is -0.508 e. The predicted octanol–water partition coefficient (Wildman–Crippen LogP) is 1.72. The van der Waals surface area contributed by atoms with E-state index in [4.69, 9.17) is 0 Å². The standard InChI is InChI=1S/C14H14N2O5S/c1-22(20,21)16-12-8-10(5-6-13(12)18)15-14(19)9-3-2-4-11(17)7-9/h2-8,16-18H,1H3,(H,15,19). The maximum Gasteiger partial charge on any atom is 0.255 e. The fourth-order valence-electron chi connectivity index (χ4n) is 1.75. The predicted molar refractivity (Wildman–Crippen MR) is 82.6 cm³/mol. The summed E-state index contributed by atoms with van der Waals surface area (Å²) in [5, 5.41) is 21.5. The molecular formula is C14H14N2O5S. The fourth-order valence-corrected chi connectivity index (χ4v) is 2.31. The molecule has 0 aliphatic carbocycles. The molecule has 0 aromatic heterocycles. The Labute approximate surface area is 127 Å². The number of rotatable bonds is 4. The smallest absolute Gasteiger partial charge is 0.255 e. The zero-order valence-electron chi connectivity index (χ0n) is 11.6. The van der Waals surface area contributed by atoms with Crippen LogP contribution in [0.2, 0.25) is 0 Å². The van der Waals surface area contributed by atoms with Crippen molar-refractivity contribution in [2.75, 3.05) is 16.3 Å². The summed E-state index contributed by atoms with van der Waals surface area (Å²) in [6.45, 7) is 0. The first kappa shape index (κ1) is 15.6. The number of amides is 1. The Kier molecular flexibility index (Phi) is 4.22. The number of hydrogen-bond acceptors (Lipinski definition) is 5. The number of carbonyl (C=O) groups excluding carboxylic acids is 1. The summed E-state index contributed by atoms with van der Waals surface area (Å²) in [5.41, 5.74) is 0.485. The van der Waals surface area contributed by atoms with Gasteiger partial charge in [-0.3, -0.25) is 9.52 Å². The van der Waals surface area contributed by atoms with Crippen molar-refractivity contribution < 1.29 is 23.4 Å². The van der Waals surface area contributed by atoms with Crippen molar-refractivity contribution in [3.8, 4) is 11.5 Å². The number of anilines is 2. The highest BCUT2D eigenvalue weighted by molar-refractivity contribution is 7.92. The third kappa shape index (κ3) is 4.13. The first-order chi connectivity index (χ1) is 10.2. The first-order valence-corrected chi connectivity index (χ1v) is 8.05. The summed E-state index contributed by atoms with van der Waals surface area (Å²) in [4.78, 5) is 12.0. The second-order valence-electron chi connectivity index (χ2n) is 4.61. The van der Waals surface area contributed by atoms with Gasteiger partial charge in [0.1, 0.15) is 11.5 Å². The van der Waals surface area contributed by atoms with Gasteiger partial charge in [-0.15, -0.1) is 0 Å². The average molecular weight is 322 g/mol. The van der Waals surface area contributed by atoms with E-state index in [2.05, 4.69) is 10.0 Å². The van der Waals surface area contributed by atoms with Gasteiger partial charge in [0.2, 0.25) is 10.0 Å². The molecule has 2 aromatic carbocycles. The monoisotopic (exact) mass is 322 g/mol. The van der Waals surface area contributed by atoms with Crippen molar-refractivity contribution in [3.05, 3.63) is 48.0 Å². The molecule has 0 bridgehead atoms. The van der Waals surface area contributed by atoms with Gasteiger partial charge in [0.05, 0.1) is 11.9 Å². The molecule has 0 aliphatic heterocycles. The zero-order valence-corrected chi connectivity index (χ0v) is 12.4. The third-order valence-corrected chi connectivity index (χ3v) is 3.25. The molecule has 22 heavy (non-hydrogen) atoms. The Morgan fingerprint density at radius 1 is 1.09 bits per heavy atom. The van der Waals surface area contributed by atoms with Crippen LogP contribution in [0.5, 0.6) is 11.5 Å². The van der Waals surface area contributed by atoms with Crippen molar-refractivity contribution in [2.24, 2.45) is 0 Å². The Balaban J connectivity index is 2.23. The molecule has 1 amide bonds. The number of benzene rings is 2. The molecule has 8 heteroatoms. The summed E-state index contributed by atoms with van der Waals surface area (Å²) >= 11 is 0. The Bertz CT molecular complexity index is 818. The van der Waals surface area contributed by atoms with Gasteiger partial charge < -0.3 is 15.5 Å². The molecule has 0 saturated heterocycles. The highest BCUT2D eigenvalue weighted by Gasteiger charge is 2.11. The molecule has 2 rings (SSSR count). The van der Waals surface area contributed by atoms with E-state index in [1.54, 1.807) is 0 Å². The Morgan fingerprint density at radius 3 is 2.45 bits per heavy atom. The molecule has 0 atom stereocenters. The van der Waals surface area contributed by atoms with E-state index in [1.165, 1.54) is 42.5 Å². The topological polar surface area (TPSA) is 116 Å². The van der Waals surface area contributed by atoms with Crippen molar-refractivity contribution in [2.45, 2.75) is 0 Å². The molecule has 0 spiro atoms. The first-order valence-electron chi connectivity index (χ1n) is 6.16. The van der Waals surface area contributed by atoms with Crippen LogP contribution in [0.25, 0.3) is 0 Å². The van der Waals surface area contributed by atoms with Crippen LogP contribution in [-0.2, 0) is 10.0 Å². The maximum absolute atomic E-state index is 12.0. The number of sulfonamides is 1.